The molecule has 2 aromatic rings. The Bertz CT molecular complexity index is 1220. The summed E-state index contributed by atoms with van der Waals surface area (Å²) in [4.78, 5) is 15.3. The van der Waals surface area contributed by atoms with Crippen LogP contribution in [0.3, 0.4) is 0 Å². The normalized spacial score (nSPS) is 22.9. The van der Waals surface area contributed by atoms with Crippen molar-refractivity contribution in [2.45, 2.75) is 44.5 Å². The van der Waals surface area contributed by atoms with Crippen LogP contribution in [0.5, 0.6) is 0 Å². The molecule has 2 saturated heterocycles. The number of rotatable bonds is 4. The molecule has 0 radical (unpaired) electrons. The lowest BCUT2D eigenvalue weighted by Gasteiger charge is -2.38. The molecule has 34 heavy (non-hydrogen) atoms. The maximum Gasteiger partial charge on any atom is 0.221 e. The first-order valence-corrected chi connectivity index (χ1v) is 13.0. The van der Waals surface area contributed by atoms with E-state index in [-0.39, 0.29) is 18.5 Å². The summed E-state index contributed by atoms with van der Waals surface area (Å²) in [5.41, 5.74) is 1.89. The molecule has 1 amide bonds. The summed E-state index contributed by atoms with van der Waals surface area (Å²) in [7, 11) is -3.79. The summed E-state index contributed by atoms with van der Waals surface area (Å²) < 4.78 is 43.6. The molecule has 9 heteroatoms. The highest BCUT2D eigenvalue weighted by Crippen LogP contribution is 2.39. The van der Waals surface area contributed by atoms with Gasteiger partial charge in [0, 0.05) is 56.9 Å². The smallest absolute Gasteiger partial charge is 0.221 e. The highest BCUT2D eigenvalue weighted by atomic mass is 32.2. The lowest BCUT2D eigenvalue weighted by molar-refractivity contribution is -0.129. The van der Waals surface area contributed by atoms with Gasteiger partial charge in [-0.25, -0.2) is 12.8 Å². The van der Waals surface area contributed by atoms with Crippen LogP contribution in [0.4, 0.5) is 10.1 Å². The standard InChI is InChI=1S/C25H29FN4O3S/c1-18-7-10-25(23-6-4-3-5-20(23)16-27)34(32,33)30(18)17-21-8-9-22(15-24(21)26)29-13-11-28(12-14-29)19(2)31/h3-6,8-9,15,18,25H,7,10-14,17H2,1-2H3. The lowest BCUT2D eigenvalue weighted by Crippen LogP contribution is -2.48. The van der Waals surface area contributed by atoms with Crippen LogP contribution in [-0.2, 0) is 21.4 Å². The summed E-state index contributed by atoms with van der Waals surface area (Å²) in [6.45, 7) is 5.75. The minimum Gasteiger partial charge on any atom is -0.368 e. The minimum atomic E-state index is -3.79. The summed E-state index contributed by atoms with van der Waals surface area (Å²) in [6.07, 6.45) is 1.05. The van der Waals surface area contributed by atoms with E-state index >= 15 is 4.39 Å². The third-order valence-corrected chi connectivity index (χ3v) is 9.26. The first kappa shape index (κ1) is 24.2. The largest absolute Gasteiger partial charge is 0.368 e. The van der Waals surface area contributed by atoms with Gasteiger partial charge in [0.2, 0.25) is 15.9 Å². The van der Waals surface area contributed by atoms with Crippen molar-refractivity contribution in [1.29, 1.82) is 5.26 Å². The Morgan fingerprint density at radius 1 is 1.12 bits per heavy atom. The van der Waals surface area contributed by atoms with Gasteiger partial charge >= 0.3 is 0 Å². The zero-order chi connectivity index (χ0) is 24.5. The maximum absolute atomic E-state index is 15.1. The molecule has 0 bridgehead atoms. The van der Waals surface area contributed by atoms with Crippen molar-refractivity contribution in [2.75, 3.05) is 31.1 Å². The Morgan fingerprint density at radius 2 is 1.82 bits per heavy atom. The molecule has 2 aliphatic rings. The minimum absolute atomic E-state index is 0.0359. The van der Waals surface area contributed by atoms with Gasteiger partial charge < -0.3 is 9.80 Å². The van der Waals surface area contributed by atoms with E-state index in [1.165, 1.54) is 10.4 Å². The van der Waals surface area contributed by atoms with Crippen LogP contribution >= 0.6 is 0 Å². The zero-order valence-electron chi connectivity index (χ0n) is 19.4. The number of amides is 1. The number of carbonyl (C=O) groups excluding carboxylic acids is 1. The van der Waals surface area contributed by atoms with Crippen LogP contribution in [0, 0.1) is 17.1 Å². The molecule has 180 valence electrons. The van der Waals surface area contributed by atoms with Crippen molar-refractivity contribution in [3.63, 3.8) is 0 Å². The Balaban J connectivity index is 1.54. The first-order valence-electron chi connectivity index (χ1n) is 11.5. The third kappa shape index (κ3) is 4.65. The van der Waals surface area contributed by atoms with Crippen molar-refractivity contribution in [1.82, 2.24) is 9.21 Å². The molecule has 0 aromatic heterocycles. The molecule has 2 aliphatic heterocycles. The number of nitriles is 1. The molecule has 2 atom stereocenters. The van der Waals surface area contributed by atoms with Gasteiger partial charge in [-0.15, -0.1) is 0 Å². The van der Waals surface area contributed by atoms with Crippen molar-refractivity contribution < 1.29 is 17.6 Å². The monoisotopic (exact) mass is 484 g/mol. The highest BCUT2D eigenvalue weighted by Gasteiger charge is 2.41. The van der Waals surface area contributed by atoms with Gasteiger partial charge in [-0.2, -0.15) is 9.57 Å². The average Bonchev–Trinajstić information content (AvgIpc) is 2.82. The molecule has 0 aliphatic carbocycles. The van der Waals surface area contributed by atoms with Crippen molar-refractivity contribution in [3.05, 3.63) is 65.0 Å². The molecule has 2 unspecified atom stereocenters. The topological polar surface area (TPSA) is 84.7 Å². The summed E-state index contributed by atoms with van der Waals surface area (Å²) >= 11 is 0. The molecule has 7 nitrogen and oxygen atoms in total. The van der Waals surface area contributed by atoms with Gasteiger partial charge in [-0.05, 0) is 43.5 Å². The van der Waals surface area contributed by atoms with Crippen LogP contribution < -0.4 is 4.90 Å². The predicted molar refractivity (Wildman–Crippen MR) is 128 cm³/mol. The van der Waals surface area contributed by atoms with E-state index < -0.39 is 21.1 Å². The molecule has 2 heterocycles. The number of hydrogen-bond acceptors (Lipinski definition) is 5. The fourth-order valence-electron chi connectivity index (χ4n) is 4.85. The van der Waals surface area contributed by atoms with E-state index in [1.807, 2.05) is 17.9 Å². The van der Waals surface area contributed by atoms with E-state index in [2.05, 4.69) is 6.07 Å². The fraction of sp³-hybridized carbons (Fsp3) is 0.440. The molecule has 2 aromatic carbocycles. The van der Waals surface area contributed by atoms with E-state index in [0.717, 1.165) is 5.69 Å². The first-order chi connectivity index (χ1) is 16.2. The van der Waals surface area contributed by atoms with Crippen molar-refractivity contribution in [3.8, 4) is 6.07 Å². The number of sulfonamides is 1. The lowest BCUT2D eigenvalue weighted by atomic mass is 10.00. The summed E-state index contributed by atoms with van der Waals surface area (Å²) in [5, 5.41) is 8.63. The van der Waals surface area contributed by atoms with Crippen LogP contribution in [0.25, 0.3) is 0 Å². The predicted octanol–water partition coefficient (Wildman–Crippen LogP) is 3.42. The Morgan fingerprint density at radius 3 is 2.47 bits per heavy atom. The van der Waals surface area contributed by atoms with Crippen molar-refractivity contribution >= 4 is 21.6 Å². The van der Waals surface area contributed by atoms with E-state index in [4.69, 9.17) is 0 Å². The van der Waals surface area contributed by atoms with Gasteiger partial charge in [0.05, 0.1) is 11.6 Å². The van der Waals surface area contributed by atoms with Crippen LogP contribution in [0.1, 0.15) is 48.6 Å². The second-order valence-corrected chi connectivity index (χ2v) is 11.0. The number of nitrogens with zero attached hydrogens (tertiary/aromatic N) is 4. The van der Waals surface area contributed by atoms with Crippen LogP contribution in [-0.4, -0.2) is 55.8 Å². The number of hydrogen-bond donors (Lipinski definition) is 0. The van der Waals surface area contributed by atoms with Gasteiger partial charge in [0.1, 0.15) is 11.1 Å². The SMILES string of the molecule is CC(=O)N1CCN(c2ccc(CN3C(C)CCC(c4ccccc4C#N)S3(=O)=O)c(F)c2)CC1. The van der Waals surface area contributed by atoms with Gasteiger partial charge in [-0.3, -0.25) is 4.79 Å². The number of carbonyl (C=O) groups is 1. The Hall–Kier alpha value is -2.96. The van der Waals surface area contributed by atoms with Gasteiger partial charge in [-0.1, -0.05) is 24.3 Å². The molecule has 0 spiro atoms. The number of anilines is 1. The Kier molecular flexibility index (Phi) is 6.91. The third-order valence-electron chi connectivity index (χ3n) is 6.91. The number of benzene rings is 2. The maximum atomic E-state index is 15.1. The molecule has 4 rings (SSSR count). The highest BCUT2D eigenvalue weighted by molar-refractivity contribution is 7.89. The Labute approximate surface area is 200 Å². The quantitative estimate of drug-likeness (QED) is 0.664. The summed E-state index contributed by atoms with van der Waals surface area (Å²) in [5.74, 6) is -0.415. The second-order valence-electron chi connectivity index (χ2n) is 8.97. The molecule has 2 fully saturated rings. The van der Waals surface area contributed by atoms with E-state index in [0.29, 0.717) is 55.7 Å². The molecular weight excluding hydrogens is 455 g/mol. The number of halogens is 1. The zero-order valence-corrected chi connectivity index (χ0v) is 20.3. The van der Waals surface area contributed by atoms with E-state index in [1.54, 1.807) is 42.2 Å². The molecule has 0 N–H and O–H groups in total. The second kappa shape index (κ2) is 9.72. The summed E-state index contributed by atoms with van der Waals surface area (Å²) in [6, 6.07) is 13.5. The van der Waals surface area contributed by atoms with Gasteiger partial charge in [0.15, 0.2) is 0 Å². The van der Waals surface area contributed by atoms with Gasteiger partial charge in [0.25, 0.3) is 0 Å². The molecular formula is C25H29FN4O3S. The van der Waals surface area contributed by atoms with E-state index in [9.17, 15) is 18.5 Å². The van der Waals surface area contributed by atoms with Crippen molar-refractivity contribution in [2.24, 2.45) is 0 Å². The van der Waals surface area contributed by atoms with Crippen LogP contribution in [0.15, 0.2) is 42.5 Å². The number of piperazine rings is 1. The molecule has 0 saturated carbocycles. The average molecular weight is 485 g/mol. The van der Waals surface area contributed by atoms with Crippen LogP contribution in [0.2, 0.25) is 0 Å². The fourth-order valence-corrected chi connectivity index (χ4v) is 7.06.